The van der Waals surface area contributed by atoms with Crippen molar-refractivity contribution >= 4 is 5.96 Å². The predicted molar refractivity (Wildman–Crippen MR) is 70.8 cm³/mol. The number of nitrogens with one attached hydrogen (secondary N) is 2. The maximum Gasteiger partial charge on any atom is 0.191 e. The van der Waals surface area contributed by atoms with Crippen LogP contribution < -0.4 is 10.6 Å². The lowest BCUT2D eigenvalue weighted by molar-refractivity contribution is 0.684. The molecule has 0 aliphatic carbocycles. The first-order valence-corrected chi connectivity index (χ1v) is 5.80. The molecule has 0 aromatic carbocycles. The normalized spacial score (nSPS) is 12.1. The molecule has 0 fully saturated rings. The van der Waals surface area contributed by atoms with E-state index in [0.717, 1.165) is 31.2 Å². The number of hydrogen-bond acceptors (Lipinski definition) is 2. The lowest BCUT2D eigenvalue weighted by Crippen LogP contribution is -2.37. The number of aromatic nitrogens is 2. The van der Waals surface area contributed by atoms with Crippen molar-refractivity contribution < 1.29 is 0 Å². The maximum absolute atomic E-state index is 4.16. The van der Waals surface area contributed by atoms with Gasteiger partial charge in [0, 0.05) is 26.8 Å². The van der Waals surface area contributed by atoms with Gasteiger partial charge < -0.3 is 10.6 Å². The first-order valence-electron chi connectivity index (χ1n) is 5.80. The van der Waals surface area contributed by atoms with E-state index in [4.69, 9.17) is 0 Å². The lowest BCUT2D eigenvalue weighted by atomic mass is 10.4. The van der Waals surface area contributed by atoms with E-state index >= 15 is 0 Å². The van der Waals surface area contributed by atoms with Gasteiger partial charge in [0.1, 0.15) is 0 Å². The van der Waals surface area contributed by atoms with E-state index in [-0.39, 0.29) is 0 Å². The number of rotatable bonds is 5. The minimum absolute atomic E-state index is 0.722. The molecule has 17 heavy (non-hydrogen) atoms. The van der Waals surface area contributed by atoms with Gasteiger partial charge in [0.05, 0.1) is 12.2 Å². The maximum atomic E-state index is 4.16. The molecule has 0 saturated carbocycles. The first-order chi connectivity index (χ1) is 8.27. The fourth-order valence-electron chi connectivity index (χ4n) is 1.41. The number of aryl methyl sites for hydroxylation is 1. The standard InChI is InChI=1S/C12H21N5/c1-4-5-6-8-14-12(13-2)15-10-11-7-9-16-17(11)3/h4-5,7,9H,6,8,10H2,1-3H3,(H2,13,14,15). The van der Waals surface area contributed by atoms with Gasteiger partial charge in [0.2, 0.25) is 0 Å². The number of guanidine groups is 1. The highest BCUT2D eigenvalue weighted by atomic mass is 15.3. The number of aliphatic imine (C=N–C) groups is 1. The Balaban J connectivity index is 2.31. The fraction of sp³-hybridized carbons (Fsp3) is 0.500. The highest BCUT2D eigenvalue weighted by Crippen LogP contribution is 1.94. The van der Waals surface area contributed by atoms with Crippen molar-refractivity contribution in [3.8, 4) is 0 Å². The van der Waals surface area contributed by atoms with E-state index in [1.165, 1.54) is 0 Å². The highest BCUT2D eigenvalue weighted by Gasteiger charge is 2.00. The summed E-state index contributed by atoms with van der Waals surface area (Å²) in [5.41, 5.74) is 1.13. The quantitative estimate of drug-likeness (QED) is 0.347. The summed E-state index contributed by atoms with van der Waals surface area (Å²) >= 11 is 0. The second kappa shape index (κ2) is 7.49. The van der Waals surface area contributed by atoms with Crippen molar-refractivity contribution in [3.63, 3.8) is 0 Å². The Labute approximate surface area is 103 Å². The van der Waals surface area contributed by atoms with E-state index in [1.54, 1.807) is 13.2 Å². The van der Waals surface area contributed by atoms with Crippen molar-refractivity contribution in [2.24, 2.45) is 12.0 Å². The van der Waals surface area contributed by atoms with Crippen molar-refractivity contribution in [2.75, 3.05) is 13.6 Å². The van der Waals surface area contributed by atoms with Crippen LogP contribution in [0.3, 0.4) is 0 Å². The van der Waals surface area contributed by atoms with Crippen molar-refractivity contribution in [1.29, 1.82) is 0 Å². The van der Waals surface area contributed by atoms with Gasteiger partial charge in [-0.15, -0.1) is 0 Å². The van der Waals surface area contributed by atoms with Crippen molar-refractivity contribution in [1.82, 2.24) is 20.4 Å². The summed E-state index contributed by atoms with van der Waals surface area (Å²) in [5.74, 6) is 0.815. The smallest absolute Gasteiger partial charge is 0.191 e. The van der Waals surface area contributed by atoms with E-state index in [1.807, 2.05) is 30.8 Å². The van der Waals surface area contributed by atoms with Gasteiger partial charge in [-0.1, -0.05) is 12.2 Å². The summed E-state index contributed by atoms with van der Waals surface area (Å²) in [5, 5.41) is 10.6. The van der Waals surface area contributed by atoms with Crippen molar-refractivity contribution in [2.45, 2.75) is 19.9 Å². The average molecular weight is 235 g/mol. The van der Waals surface area contributed by atoms with E-state index in [9.17, 15) is 0 Å². The fourth-order valence-corrected chi connectivity index (χ4v) is 1.41. The topological polar surface area (TPSA) is 54.2 Å². The molecular formula is C12H21N5. The second-order valence-electron chi connectivity index (χ2n) is 3.66. The van der Waals surface area contributed by atoms with Crippen LogP contribution >= 0.6 is 0 Å². The Bertz CT molecular complexity index is 378. The molecular weight excluding hydrogens is 214 g/mol. The Morgan fingerprint density at radius 1 is 1.53 bits per heavy atom. The molecule has 94 valence electrons. The first kappa shape index (κ1) is 13.3. The number of allylic oxidation sites excluding steroid dienone is 1. The van der Waals surface area contributed by atoms with Crippen LogP contribution in [0.1, 0.15) is 19.0 Å². The zero-order valence-corrected chi connectivity index (χ0v) is 10.8. The third-order valence-corrected chi connectivity index (χ3v) is 2.42. The molecule has 2 N–H and O–H groups in total. The minimum Gasteiger partial charge on any atom is -0.356 e. The third kappa shape index (κ3) is 4.72. The van der Waals surface area contributed by atoms with Crippen molar-refractivity contribution in [3.05, 3.63) is 30.1 Å². The molecule has 0 radical (unpaired) electrons. The summed E-state index contributed by atoms with van der Waals surface area (Å²) in [6.45, 7) is 3.63. The molecule has 1 aromatic heterocycles. The van der Waals surface area contributed by atoms with E-state index in [2.05, 4.69) is 26.8 Å². The zero-order chi connectivity index (χ0) is 12.5. The minimum atomic E-state index is 0.722. The molecule has 5 nitrogen and oxygen atoms in total. The third-order valence-electron chi connectivity index (χ3n) is 2.42. The van der Waals surface area contributed by atoms with Crippen LogP contribution in [0.5, 0.6) is 0 Å². The molecule has 0 atom stereocenters. The Hall–Kier alpha value is -1.78. The van der Waals surface area contributed by atoms with Crippen LogP contribution in [-0.4, -0.2) is 29.3 Å². The molecule has 1 aromatic rings. The monoisotopic (exact) mass is 235 g/mol. The van der Waals surface area contributed by atoms with Gasteiger partial charge in [0.15, 0.2) is 5.96 Å². The predicted octanol–water partition coefficient (Wildman–Crippen LogP) is 1.05. The molecule has 1 rings (SSSR count). The number of nitrogens with zero attached hydrogens (tertiary/aromatic N) is 3. The SMILES string of the molecule is CC=CCCNC(=NC)NCc1ccnn1C. The van der Waals surface area contributed by atoms with E-state index < -0.39 is 0 Å². The van der Waals surface area contributed by atoms with Crippen LogP contribution in [0.4, 0.5) is 0 Å². The molecule has 0 unspecified atom stereocenters. The average Bonchev–Trinajstić information content (AvgIpc) is 2.74. The Morgan fingerprint density at radius 2 is 2.35 bits per heavy atom. The molecule has 0 saturated heterocycles. The zero-order valence-electron chi connectivity index (χ0n) is 10.8. The van der Waals surface area contributed by atoms with Gasteiger partial charge in [-0.2, -0.15) is 5.10 Å². The molecule has 0 spiro atoms. The van der Waals surface area contributed by atoms with Crippen LogP contribution in [0.25, 0.3) is 0 Å². The van der Waals surface area contributed by atoms with E-state index in [0.29, 0.717) is 0 Å². The van der Waals surface area contributed by atoms with Gasteiger partial charge in [0.25, 0.3) is 0 Å². The number of hydrogen-bond donors (Lipinski definition) is 2. The largest absolute Gasteiger partial charge is 0.356 e. The highest BCUT2D eigenvalue weighted by molar-refractivity contribution is 5.79. The van der Waals surface area contributed by atoms with Crippen LogP contribution in [-0.2, 0) is 13.6 Å². The van der Waals surface area contributed by atoms with Crippen LogP contribution in [0.2, 0.25) is 0 Å². The summed E-state index contributed by atoms with van der Waals surface area (Å²) in [4.78, 5) is 4.16. The molecule has 1 heterocycles. The molecule has 0 aliphatic heterocycles. The molecule has 0 aliphatic rings. The van der Waals surface area contributed by atoms with Gasteiger partial charge in [-0.25, -0.2) is 0 Å². The Morgan fingerprint density at radius 3 is 2.94 bits per heavy atom. The summed E-state index contributed by atoms with van der Waals surface area (Å²) in [6.07, 6.45) is 6.97. The van der Waals surface area contributed by atoms with Crippen LogP contribution in [0.15, 0.2) is 29.4 Å². The lowest BCUT2D eigenvalue weighted by Gasteiger charge is -2.11. The summed E-state index contributed by atoms with van der Waals surface area (Å²) in [6, 6.07) is 1.99. The summed E-state index contributed by atoms with van der Waals surface area (Å²) in [7, 11) is 3.70. The molecule has 0 amide bonds. The van der Waals surface area contributed by atoms with Crippen LogP contribution in [0, 0.1) is 0 Å². The molecule has 0 bridgehead atoms. The summed E-state index contributed by atoms with van der Waals surface area (Å²) < 4.78 is 1.85. The molecule has 5 heteroatoms. The van der Waals surface area contributed by atoms with Gasteiger partial charge >= 0.3 is 0 Å². The van der Waals surface area contributed by atoms with Gasteiger partial charge in [-0.05, 0) is 19.4 Å². The van der Waals surface area contributed by atoms with Gasteiger partial charge in [-0.3, -0.25) is 9.67 Å². The second-order valence-corrected chi connectivity index (χ2v) is 3.66. The Kier molecular flexibility index (Phi) is 5.85.